The number of carbonyl (C=O) groups is 1. The molecule has 5 nitrogen and oxygen atoms in total. The van der Waals surface area contributed by atoms with E-state index in [1.165, 1.54) is 109 Å². The lowest BCUT2D eigenvalue weighted by Gasteiger charge is -2.26. The molecule has 0 saturated carbocycles. The van der Waals surface area contributed by atoms with Gasteiger partial charge >= 0.3 is 0 Å². The van der Waals surface area contributed by atoms with Gasteiger partial charge in [0.05, 0.1) is 18.8 Å². The third-order valence-corrected chi connectivity index (χ3v) is 8.29. The fourth-order valence-electron chi connectivity index (χ4n) is 5.41. The van der Waals surface area contributed by atoms with Crippen molar-refractivity contribution in [2.75, 3.05) is 6.61 Å². The molecule has 5 heteroatoms. The van der Waals surface area contributed by atoms with Crippen molar-refractivity contribution < 1.29 is 20.1 Å². The van der Waals surface area contributed by atoms with Crippen molar-refractivity contribution in [3.8, 4) is 0 Å². The highest BCUT2D eigenvalue weighted by molar-refractivity contribution is 5.76. The van der Waals surface area contributed by atoms with Gasteiger partial charge in [-0.1, -0.05) is 147 Å². The Morgan fingerprint density at radius 3 is 1.45 bits per heavy atom. The minimum atomic E-state index is -1.16. The van der Waals surface area contributed by atoms with E-state index in [1.54, 1.807) is 0 Å². The number of hydrogen-bond donors (Lipinski definition) is 4. The summed E-state index contributed by atoms with van der Waals surface area (Å²) in [6.45, 7) is 4.13. The maximum atomic E-state index is 12.3. The lowest BCUT2D eigenvalue weighted by atomic mass is 10.0. The smallest absolute Gasteiger partial charge is 0.220 e. The SMILES string of the molecule is CCCCCCCCCC/C=C/CC/C=C/CCCC(O)C(O)C(CO)NC(=O)CCCCCCCCCCCCC. The highest BCUT2D eigenvalue weighted by atomic mass is 16.3. The maximum absolute atomic E-state index is 12.3. The average Bonchev–Trinajstić information content (AvgIpc) is 2.99. The largest absolute Gasteiger partial charge is 0.394 e. The molecule has 0 aliphatic carbocycles. The Balaban J connectivity index is 3.77. The lowest BCUT2D eigenvalue weighted by Crippen LogP contribution is -2.50. The van der Waals surface area contributed by atoms with Gasteiger partial charge in [-0.15, -0.1) is 0 Å². The molecule has 1 amide bonds. The molecular weight excluding hydrogens is 522 g/mol. The number of allylic oxidation sites excluding steroid dienone is 4. The third-order valence-electron chi connectivity index (χ3n) is 8.29. The van der Waals surface area contributed by atoms with E-state index in [0.29, 0.717) is 12.8 Å². The molecular formula is C37H71NO4. The molecule has 0 aliphatic rings. The summed E-state index contributed by atoms with van der Waals surface area (Å²) in [6.07, 6.45) is 37.0. The van der Waals surface area contributed by atoms with Crippen molar-refractivity contribution in [3.05, 3.63) is 24.3 Å². The maximum Gasteiger partial charge on any atom is 0.220 e. The van der Waals surface area contributed by atoms with Gasteiger partial charge < -0.3 is 20.6 Å². The Hall–Kier alpha value is -1.17. The van der Waals surface area contributed by atoms with Crippen LogP contribution in [0.25, 0.3) is 0 Å². The fourth-order valence-corrected chi connectivity index (χ4v) is 5.41. The molecule has 0 fully saturated rings. The summed E-state index contributed by atoms with van der Waals surface area (Å²) >= 11 is 0. The summed E-state index contributed by atoms with van der Waals surface area (Å²) in [7, 11) is 0. The fraction of sp³-hybridized carbons (Fsp3) is 0.865. The predicted molar refractivity (Wildman–Crippen MR) is 181 cm³/mol. The Kier molecular flexibility index (Phi) is 31.8. The number of aliphatic hydroxyl groups excluding tert-OH is 3. The number of nitrogens with one attached hydrogen (secondary N) is 1. The Labute approximate surface area is 261 Å². The number of amides is 1. The first kappa shape index (κ1) is 40.8. The Bertz CT molecular complexity index is 621. The van der Waals surface area contributed by atoms with Crippen LogP contribution in [0.15, 0.2) is 24.3 Å². The number of unbranched alkanes of at least 4 members (excludes halogenated alkanes) is 20. The van der Waals surface area contributed by atoms with Gasteiger partial charge in [0, 0.05) is 6.42 Å². The normalized spacial score (nSPS) is 14.1. The van der Waals surface area contributed by atoms with Crippen LogP contribution in [0.1, 0.15) is 181 Å². The summed E-state index contributed by atoms with van der Waals surface area (Å²) in [4.78, 5) is 12.3. The zero-order chi connectivity index (χ0) is 30.9. The van der Waals surface area contributed by atoms with Gasteiger partial charge in [0.2, 0.25) is 5.91 Å². The molecule has 0 spiro atoms. The molecule has 0 bridgehead atoms. The first-order chi connectivity index (χ1) is 20.6. The highest BCUT2D eigenvalue weighted by Crippen LogP contribution is 2.14. The van der Waals surface area contributed by atoms with E-state index in [0.717, 1.165) is 44.9 Å². The third kappa shape index (κ3) is 27.7. The van der Waals surface area contributed by atoms with Crippen molar-refractivity contribution in [2.24, 2.45) is 0 Å². The summed E-state index contributed by atoms with van der Waals surface area (Å²) < 4.78 is 0. The molecule has 3 unspecified atom stereocenters. The van der Waals surface area contributed by atoms with Crippen LogP contribution in [-0.4, -0.2) is 46.1 Å². The second-order valence-electron chi connectivity index (χ2n) is 12.4. The van der Waals surface area contributed by atoms with E-state index in [-0.39, 0.29) is 12.5 Å². The second kappa shape index (κ2) is 32.7. The first-order valence-corrected chi connectivity index (χ1v) is 18.1. The van der Waals surface area contributed by atoms with Crippen molar-refractivity contribution in [3.63, 3.8) is 0 Å². The predicted octanol–water partition coefficient (Wildman–Crippen LogP) is 9.48. The van der Waals surface area contributed by atoms with E-state index in [1.807, 2.05) is 0 Å². The van der Waals surface area contributed by atoms with Crippen molar-refractivity contribution in [1.82, 2.24) is 5.32 Å². The molecule has 42 heavy (non-hydrogen) atoms. The van der Waals surface area contributed by atoms with Crippen LogP contribution in [0.4, 0.5) is 0 Å². The highest BCUT2D eigenvalue weighted by Gasteiger charge is 2.26. The minimum Gasteiger partial charge on any atom is -0.394 e. The second-order valence-corrected chi connectivity index (χ2v) is 12.4. The van der Waals surface area contributed by atoms with Crippen LogP contribution in [-0.2, 0) is 4.79 Å². The van der Waals surface area contributed by atoms with Crippen LogP contribution in [0, 0.1) is 0 Å². The molecule has 0 saturated heterocycles. The van der Waals surface area contributed by atoms with E-state index < -0.39 is 18.2 Å². The monoisotopic (exact) mass is 594 g/mol. The van der Waals surface area contributed by atoms with E-state index >= 15 is 0 Å². The van der Waals surface area contributed by atoms with E-state index in [2.05, 4.69) is 43.5 Å². The van der Waals surface area contributed by atoms with Crippen LogP contribution >= 0.6 is 0 Å². The summed E-state index contributed by atoms with van der Waals surface area (Å²) in [5.74, 6) is -0.161. The molecule has 0 aromatic heterocycles. The molecule has 0 heterocycles. The Morgan fingerprint density at radius 1 is 0.571 bits per heavy atom. The van der Waals surface area contributed by atoms with Gasteiger partial charge in [0.15, 0.2) is 0 Å². The van der Waals surface area contributed by atoms with Crippen LogP contribution in [0.3, 0.4) is 0 Å². The Morgan fingerprint density at radius 2 is 0.976 bits per heavy atom. The molecule has 3 atom stereocenters. The summed E-state index contributed by atoms with van der Waals surface area (Å²) in [5, 5.41) is 33.3. The molecule has 0 aromatic carbocycles. The molecule has 0 aromatic rings. The minimum absolute atomic E-state index is 0.161. The molecule has 0 rings (SSSR count). The van der Waals surface area contributed by atoms with Crippen molar-refractivity contribution >= 4 is 5.91 Å². The van der Waals surface area contributed by atoms with Gasteiger partial charge in [-0.3, -0.25) is 4.79 Å². The number of rotatable bonds is 32. The molecule has 4 N–H and O–H groups in total. The van der Waals surface area contributed by atoms with Gasteiger partial charge in [-0.2, -0.15) is 0 Å². The summed E-state index contributed by atoms with van der Waals surface area (Å²) in [5.41, 5.74) is 0. The number of carbonyl (C=O) groups excluding carboxylic acids is 1. The van der Waals surface area contributed by atoms with Crippen molar-refractivity contribution in [1.29, 1.82) is 0 Å². The summed E-state index contributed by atoms with van der Waals surface area (Å²) in [6, 6.07) is -0.826. The van der Waals surface area contributed by atoms with Gasteiger partial charge in [0.1, 0.15) is 6.10 Å². The molecule has 0 radical (unpaired) electrons. The lowest BCUT2D eigenvalue weighted by molar-refractivity contribution is -0.124. The van der Waals surface area contributed by atoms with Gasteiger partial charge in [-0.25, -0.2) is 0 Å². The molecule has 248 valence electrons. The van der Waals surface area contributed by atoms with E-state index in [4.69, 9.17) is 0 Å². The zero-order valence-corrected chi connectivity index (χ0v) is 27.9. The van der Waals surface area contributed by atoms with Gasteiger partial charge in [-0.05, 0) is 51.4 Å². The van der Waals surface area contributed by atoms with Crippen LogP contribution in [0.5, 0.6) is 0 Å². The molecule has 0 aliphatic heterocycles. The van der Waals surface area contributed by atoms with E-state index in [9.17, 15) is 20.1 Å². The standard InChI is InChI=1S/C37H71NO4/c1-3-5-7-9-11-13-15-16-17-18-19-20-22-23-25-27-29-31-35(40)37(42)34(33-39)38-36(41)32-30-28-26-24-21-14-12-10-8-6-4-2/h18-19,23,25,34-35,37,39-40,42H,3-17,20-22,24,26-33H2,1-2H3,(H,38,41)/b19-18+,25-23+. The van der Waals surface area contributed by atoms with Crippen molar-refractivity contribution in [2.45, 2.75) is 199 Å². The zero-order valence-electron chi connectivity index (χ0n) is 27.9. The van der Waals surface area contributed by atoms with Crippen LogP contribution in [0.2, 0.25) is 0 Å². The van der Waals surface area contributed by atoms with Crippen LogP contribution < -0.4 is 5.32 Å². The first-order valence-electron chi connectivity index (χ1n) is 18.1. The number of hydrogen-bond acceptors (Lipinski definition) is 4. The quantitative estimate of drug-likeness (QED) is 0.0462. The topological polar surface area (TPSA) is 89.8 Å². The number of aliphatic hydroxyl groups is 3. The average molecular weight is 594 g/mol. The van der Waals surface area contributed by atoms with Gasteiger partial charge in [0.25, 0.3) is 0 Å².